The van der Waals surface area contributed by atoms with Crippen molar-refractivity contribution in [2.75, 3.05) is 12.4 Å². The summed E-state index contributed by atoms with van der Waals surface area (Å²) in [5, 5.41) is 7.79. The largest absolute Gasteiger partial charge is 0.481 e. The molecule has 0 aliphatic carbocycles. The number of benzene rings is 1. The number of aryl methyl sites for hydroxylation is 1. The normalized spacial score (nSPS) is 10.3. The van der Waals surface area contributed by atoms with Crippen LogP contribution in [0, 0.1) is 6.92 Å². The molecule has 3 rings (SSSR count). The Morgan fingerprint density at radius 3 is 2.59 bits per heavy atom. The minimum absolute atomic E-state index is 0.342. The predicted octanol–water partition coefficient (Wildman–Crippen LogP) is 3.22. The van der Waals surface area contributed by atoms with Gasteiger partial charge >= 0.3 is 0 Å². The van der Waals surface area contributed by atoms with Crippen molar-refractivity contribution in [3.63, 3.8) is 0 Å². The third-order valence-electron chi connectivity index (χ3n) is 3.43. The molecule has 0 aliphatic rings. The number of nitrogens with one attached hydrogen (secondary N) is 2. The Kier molecular flexibility index (Phi) is 6.50. The van der Waals surface area contributed by atoms with E-state index in [0.29, 0.717) is 33.7 Å². The van der Waals surface area contributed by atoms with E-state index in [0.717, 1.165) is 5.56 Å². The molecule has 7 nitrogen and oxygen atoms in total. The highest BCUT2D eigenvalue weighted by Gasteiger charge is 2.09. The van der Waals surface area contributed by atoms with Crippen LogP contribution in [-0.2, 0) is 6.54 Å². The highest BCUT2D eigenvalue weighted by molar-refractivity contribution is 7.99. The van der Waals surface area contributed by atoms with E-state index in [9.17, 15) is 0 Å². The number of thiocarbonyl (C=S) groups is 1. The zero-order valence-corrected chi connectivity index (χ0v) is 16.5. The minimum atomic E-state index is 0.342. The van der Waals surface area contributed by atoms with Gasteiger partial charge in [-0.3, -0.25) is 0 Å². The number of methoxy groups -OCH3 is 1. The molecular formula is C18H18N6OS2. The van der Waals surface area contributed by atoms with Crippen LogP contribution in [0.25, 0.3) is 0 Å². The lowest BCUT2D eigenvalue weighted by atomic mass is 10.1. The van der Waals surface area contributed by atoms with Crippen LogP contribution in [0.1, 0.15) is 11.1 Å². The summed E-state index contributed by atoms with van der Waals surface area (Å²) in [6.07, 6.45) is 3.36. The van der Waals surface area contributed by atoms with E-state index < -0.39 is 0 Å². The summed E-state index contributed by atoms with van der Waals surface area (Å²) in [5.74, 6) is 0.765. The molecule has 0 saturated heterocycles. The summed E-state index contributed by atoms with van der Waals surface area (Å²) in [5.41, 5.74) is 2.35. The van der Waals surface area contributed by atoms with Gasteiger partial charge in [0.05, 0.1) is 7.11 Å². The van der Waals surface area contributed by atoms with Gasteiger partial charge in [0.2, 0.25) is 11.8 Å². The quantitative estimate of drug-likeness (QED) is 0.369. The van der Waals surface area contributed by atoms with E-state index in [1.54, 1.807) is 31.6 Å². The molecule has 0 radical (unpaired) electrons. The average molecular weight is 399 g/mol. The molecule has 3 aromatic rings. The van der Waals surface area contributed by atoms with Gasteiger partial charge in [-0.1, -0.05) is 29.8 Å². The Labute approximate surface area is 167 Å². The van der Waals surface area contributed by atoms with E-state index in [1.807, 2.05) is 0 Å². The maximum absolute atomic E-state index is 5.34. The van der Waals surface area contributed by atoms with Gasteiger partial charge in [0, 0.05) is 25.0 Å². The molecule has 0 unspecified atom stereocenters. The van der Waals surface area contributed by atoms with Crippen LogP contribution in [0.3, 0.4) is 0 Å². The molecule has 0 bridgehead atoms. The van der Waals surface area contributed by atoms with Gasteiger partial charge in [-0.15, -0.1) is 0 Å². The molecule has 27 heavy (non-hydrogen) atoms. The Balaban J connectivity index is 1.65. The maximum atomic E-state index is 5.34. The first kappa shape index (κ1) is 19.0. The molecule has 0 saturated carbocycles. The average Bonchev–Trinajstić information content (AvgIpc) is 2.68. The third kappa shape index (κ3) is 5.87. The summed E-state index contributed by atoms with van der Waals surface area (Å²) < 4.78 is 5.25. The molecule has 138 valence electrons. The fourth-order valence-corrected chi connectivity index (χ4v) is 2.95. The smallest absolute Gasteiger partial charge is 0.233 e. The minimum Gasteiger partial charge on any atom is -0.481 e. The van der Waals surface area contributed by atoms with Crippen LogP contribution in [0.15, 0.2) is 59.0 Å². The van der Waals surface area contributed by atoms with Crippen molar-refractivity contribution >= 4 is 35.0 Å². The Hall–Kier alpha value is -2.78. The zero-order valence-electron chi connectivity index (χ0n) is 14.8. The van der Waals surface area contributed by atoms with Gasteiger partial charge in [-0.05, 0) is 42.5 Å². The SMILES string of the molecule is COc1cc(Sc2ncccn2)nc(NC(=S)NCc2ccc(C)cc2)n1. The second-order valence-corrected chi connectivity index (χ2v) is 6.89. The van der Waals surface area contributed by atoms with E-state index in [4.69, 9.17) is 17.0 Å². The highest BCUT2D eigenvalue weighted by atomic mass is 32.2. The Bertz CT molecular complexity index is 905. The van der Waals surface area contributed by atoms with Gasteiger partial charge < -0.3 is 15.4 Å². The van der Waals surface area contributed by atoms with Gasteiger partial charge in [0.25, 0.3) is 0 Å². The van der Waals surface area contributed by atoms with Crippen molar-refractivity contribution in [1.29, 1.82) is 0 Å². The maximum Gasteiger partial charge on any atom is 0.233 e. The van der Waals surface area contributed by atoms with Gasteiger partial charge in [0.15, 0.2) is 10.3 Å². The van der Waals surface area contributed by atoms with Gasteiger partial charge in [0.1, 0.15) is 5.03 Å². The number of hydrogen-bond acceptors (Lipinski definition) is 7. The predicted molar refractivity (Wildman–Crippen MR) is 109 cm³/mol. The molecule has 2 heterocycles. The number of aromatic nitrogens is 4. The lowest BCUT2D eigenvalue weighted by Gasteiger charge is -2.11. The summed E-state index contributed by atoms with van der Waals surface area (Å²) in [6, 6.07) is 11.7. The topological polar surface area (TPSA) is 84.9 Å². The molecule has 0 atom stereocenters. The fourth-order valence-electron chi connectivity index (χ4n) is 2.08. The third-order valence-corrected chi connectivity index (χ3v) is 4.48. The first-order valence-electron chi connectivity index (χ1n) is 8.11. The summed E-state index contributed by atoms with van der Waals surface area (Å²) >= 11 is 6.65. The lowest BCUT2D eigenvalue weighted by Crippen LogP contribution is -2.28. The summed E-state index contributed by atoms with van der Waals surface area (Å²) in [4.78, 5) is 17.1. The number of nitrogens with zero attached hydrogens (tertiary/aromatic N) is 4. The van der Waals surface area contributed by atoms with Crippen molar-refractivity contribution in [3.05, 3.63) is 59.9 Å². The lowest BCUT2D eigenvalue weighted by molar-refractivity contribution is 0.396. The van der Waals surface area contributed by atoms with E-state index in [2.05, 4.69) is 61.8 Å². The first-order chi connectivity index (χ1) is 13.1. The van der Waals surface area contributed by atoms with Crippen molar-refractivity contribution in [2.24, 2.45) is 0 Å². The zero-order chi connectivity index (χ0) is 19.1. The fraction of sp³-hybridized carbons (Fsp3) is 0.167. The molecule has 9 heteroatoms. The van der Waals surface area contributed by atoms with Gasteiger partial charge in [-0.25, -0.2) is 15.0 Å². The molecule has 2 aromatic heterocycles. The van der Waals surface area contributed by atoms with E-state index in [-0.39, 0.29) is 0 Å². The molecule has 1 aromatic carbocycles. The van der Waals surface area contributed by atoms with Gasteiger partial charge in [-0.2, -0.15) is 4.98 Å². The van der Waals surface area contributed by atoms with Crippen LogP contribution < -0.4 is 15.4 Å². The van der Waals surface area contributed by atoms with Crippen LogP contribution in [-0.4, -0.2) is 32.2 Å². The molecule has 0 amide bonds. The molecule has 0 spiro atoms. The van der Waals surface area contributed by atoms with Crippen LogP contribution in [0.4, 0.5) is 5.95 Å². The molecule has 0 aliphatic heterocycles. The molecular weight excluding hydrogens is 380 g/mol. The van der Waals surface area contributed by atoms with E-state index >= 15 is 0 Å². The number of anilines is 1. The number of rotatable bonds is 6. The second kappa shape index (κ2) is 9.24. The standard InChI is InChI=1S/C18H18N6OS2/c1-12-4-6-13(7-5-12)11-21-17(26)24-16-22-14(25-2)10-15(23-16)27-18-19-8-3-9-20-18/h3-10H,11H2,1-2H3,(H2,21,22,23,24,26). The van der Waals surface area contributed by atoms with Crippen LogP contribution >= 0.6 is 24.0 Å². The van der Waals surface area contributed by atoms with Crippen molar-refractivity contribution < 1.29 is 4.74 Å². The Morgan fingerprint density at radius 2 is 1.89 bits per heavy atom. The van der Waals surface area contributed by atoms with Crippen LogP contribution in [0.5, 0.6) is 5.88 Å². The van der Waals surface area contributed by atoms with Crippen molar-refractivity contribution in [1.82, 2.24) is 25.3 Å². The molecule has 0 fully saturated rings. The van der Waals surface area contributed by atoms with E-state index in [1.165, 1.54) is 17.3 Å². The van der Waals surface area contributed by atoms with Crippen molar-refractivity contribution in [2.45, 2.75) is 23.7 Å². The second-order valence-electron chi connectivity index (χ2n) is 5.50. The highest BCUT2D eigenvalue weighted by Crippen LogP contribution is 2.25. The summed E-state index contributed by atoms with van der Waals surface area (Å²) in [7, 11) is 1.55. The molecule has 2 N–H and O–H groups in total. The van der Waals surface area contributed by atoms with Crippen LogP contribution in [0.2, 0.25) is 0 Å². The monoisotopic (exact) mass is 398 g/mol. The van der Waals surface area contributed by atoms with Crippen molar-refractivity contribution in [3.8, 4) is 5.88 Å². The first-order valence-corrected chi connectivity index (χ1v) is 9.33. The Morgan fingerprint density at radius 1 is 1.15 bits per heavy atom. The number of ether oxygens (including phenoxy) is 1. The number of hydrogen-bond donors (Lipinski definition) is 2. The summed E-state index contributed by atoms with van der Waals surface area (Å²) in [6.45, 7) is 2.66.